The number of nitrogens with one attached hydrogen (secondary N) is 1. The fraction of sp³-hybridized carbons (Fsp3) is 0.522. The van der Waals surface area contributed by atoms with Crippen molar-refractivity contribution in [3.8, 4) is 0 Å². The quantitative estimate of drug-likeness (QED) is 0.309. The number of anilines is 2. The van der Waals surface area contributed by atoms with Crippen molar-refractivity contribution in [3.63, 3.8) is 0 Å². The van der Waals surface area contributed by atoms with Crippen LogP contribution in [0.2, 0.25) is 5.02 Å². The van der Waals surface area contributed by atoms with Crippen LogP contribution in [0, 0.1) is 17.6 Å². The van der Waals surface area contributed by atoms with E-state index >= 15 is 4.39 Å². The molecule has 3 fully saturated rings. The molecule has 1 unspecified atom stereocenters. The van der Waals surface area contributed by atoms with E-state index in [2.05, 4.69) is 21.5 Å². The summed E-state index contributed by atoms with van der Waals surface area (Å²) in [4.78, 5) is 8.05. The molecule has 9 heteroatoms. The zero-order valence-corrected chi connectivity index (χ0v) is 19.5. The number of pyridine rings is 1. The van der Waals surface area contributed by atoms with E-state index in [9.17, 15) is 8.78 Å². The van der Waals surface area contributed by atoms with Gasteiger partial charge in [0.25, 0.3) is 0 Å². The number of halogens is 4. The van der Waals surface area contributed by atoms with E-state index in [-0.39, 0.29) is 21.3 Å². The van der Waals surface area contributed by atoms with Crippen molar-refractivity contribution in [1.29, 1.82) is 0 Å². The molecule has 4 nitrogen and oxygen atoms in total. The molecule has 5 rings (SSSR count). The van der Waals surface area contributed by atoms with Gasteiger partial charge in [0.05, 0.1) is 5.69 Å². The molecule has 3 heterocycles. The van der Waals surface area contributed by atoms with Crippen LogP contribution in [-0.4, -0.2) is 40.6 Å². The number of benzene rings is 1. The van der Waals surface area contributed by atoms with Gasteiger partial charge in [0, 0.05) is 30.2 Å². The SMILES string of the molecule is CC1(N2CCCC23CCC3)CCN(c2cc(F)c(SNc3cccc(F)n3)c(F)c2Cl)C1. The van der Waals surface area contributed by atoms with Gasteiger partial charge in [0.15, 0.2) is 5.82 Å². The highest BCUT2D eigenvalue weighted by atomic mass is 35.5. The maximum Gasteiger partial charge on any atom is 0.214 e. The zero-order chi connectivity index (χ0) is 22.5. The van der Waals surface area contributed by atoms with Crippen LogP contribution in [0.15, 0.2) is 29.2 Å². The summed E-state index contributed by atoms with van der Waals surface area (Å²) >= 11 is 7.08. The van der Waals surface area contributed by atoms with Crippen LogP contribution in [0.4, 0.5) is 24.7 Å². The molecule has 1 N–H and O–H groups in total. The molecular weight excluding hydrogens is 457 g/mol. The summed E-state index contributed by atoms with van der Waals surface area (Å²) in [7, 11) is 0. The topological polar surface area (TPSA) is 31.4 Å². The maximum absolute atomic E-state index is 15.1. The highest BCUT2D eigenvalue weighted by Crippen LogP contribution is 2.51. The van der Waals surface area contributed by atoms with E-state index < -0.39 is 17.6 Å². The van der Waals surface area contributed by atoms with E-state index in [0.717, 1.165) is 13.0 Å². The van der Waals surface area contributed by atoms with Crippen molar-refractivity contribution in [2.45, 2.75) is 61.4 Å². The van der Waals surface area contributed by atoms with Gasteiger partial charge in [-0.15, -0.1) is 0 Å². The lowest BCUT2D eigenvalue weighted by Gasteiger charge is -2.53. The Hall–Kier alpha value is -1.64. The fourth-order valence-electron chi connectivity index (χ4n) is 5.71. The summed E-state index contributed by atoms with van der Waals surface area (Å²) in [6.45, 7) is 4.78. The van der Waals surface area contributed by atoms with Crippen molar-refractivity contribution in [2.75, 3.05) is 29.3 Å². The number of likely N-dealkylation sites (tertiary alicyclic amines) is 1. The summed E-state index contributed by atoms with van der Waals surface area (Å²) in [6, 6.07) is 5.48. The van der Waals surface area contributed by atoms with Gasteiger partial charge in [-0.25, -0.2) is 13.8 Å². The normalized spacial score (nSPS) is 24.8. The average Bonchev–Trinajstić information content (AvgIpc) is 3.36. The van der Waals surface area contributed by atoms with Gasteiger partial charge >= 0.3 is 0 Å². The Morgan fingerprint density at radius 3 is 2.59 bits per heavy atom. The van der Waals surface area contributed by atoms with Crippen LogP contribution in [0.3, 0.4) is 0 Å². The Labute approximate surface area is 195 Å². The van der Waals surface area contributed by atoms with Crippen molar-refractivity contribution >= 4 is 35.1 Å². The van der Waals surface area contributed by atoms with Crippen LogP contribution in [0.25, 0.3) is 0 Å². The third-order valence-corrected chi connectivity index (χ3v) is 8.64. The summed E-state index contributed by atoms with van der Waals surface area (Å²) in [5.74, 6) is -2.04. The Morgan fingerprint density at radius 1 is 1.09 bits per heavy atom. The molecule has 32 heavy (non-hydrogen) atoms. The molecule has 1 spiro atoms. The summed E-state index contributed by atoms with van der Waals surface area (Å²) in [5, 5.41) is -0.0908. The van der Waals surface area contributed by atoms with Gasteiger partial charge in [-0.3, -0.25) is 4.90 Å². The first-order valence-corrected chi connectivity index (χ1v) is 12.3. The van der Waals surface area contributed by atoms with Gasteiger partial charge in [-0.1, -0.05) is 17.7 Å². The predicted octanol–water partition coefficient (Wildman–Crippen LogP) is 6.26. The standard InChI is InChI=1S/C23H26ClF3N4S/c1-22(31-11-4-9-23(31)7-3-8-23)10-12-30(14-22)16-13-15(25)21(20(27)19(16)24)32-29-18-6-2-5-17(26)28-18/h2,5-6,13H,3-4,7-12,14H2,1H3,(H,28,29). The van der Waals surface area contributed by atoms with E-state index in [1.807, 2.05) is 4.90 Å². The van der Waals surface area contributed by atoms with Crippen molar-refractivity contribution in [2.24, 2.45) is 0 Å². The molecule has 1 aromatic heterocycles. The second-order valence-corrected chi connectivity index (χ2v) is 10.6. The Kier molecular flexibility index (Phi) is 5.75. The molecular formula is C23H26ClF3N4S. The number of hydrogen-bond acceptors (Lipinski definition) is 5. The molecule has 3 aliphatic rings. The van der Waals surface area contributed by atoms with Crippen molar-refractivity contribution in [1.82, 2.24) is 9.88 Å². The Balaban J connectivity index is 1.34. The summed E-state index contributed by atoms with van der Waals surface area (Å²) < 4.78 is 45.9. The average molecular weight is 483 g/mol. The second kappa shape index (κ2) is 8.29. The number of nitrogens with zero attached hydrogens (tertiary/aromatic N) is 3. The lowest BCUT2D eigenvalue weighted by molar-refractivity contribution is -0.0179. The van der Waals surface area contributed by atoms with E-state index in [0.29, 0.717) is 36.3 Å². The maximum atomic E-state index is 15.1. The number of rotatable bonds is 5. The second-order valence-electron chi connectivity index (χ2n) is 9.39. The monoisotopic (exact) mass is 482 g/mol. The minimum atomic E-state index is -0.819. The number of hydrogen-bond donors (Lipinski definition) is 1. The third kappa shape index (κ3) is 3.74. The van der Waals surface area contributed by atoms with Crippen LogP contribution in [0.1, 0.15) is 45.4 Å². The molecule has 1 aromatic carbocycles. The van der Waals surface area contributed by atoms with Gasteiger partial charge in [-0.05, 0) is 76.1 Å². The van der Waals surface area contributed by atoms with Crippen LogP contribution < -0.4 is 9.62 Å². The molecule has 172 valence electrons. The first-order chi connectivity index (χ1) is 15.3. The molecule has 1 saturated carbocycles. The van der Waals surface area contributed by atoms with Crippen LogP contribution in [0.5, 0.6) is 0 Å². The lowest BCUT2D eigenvalue weighted by atomic mass is 9.73. The highest BCUT2D eigenvalue weighted by molar-refractivity contribution is 8.00. The highest BCUT2D eigenvalue weighted by Gasteiger charge is 2.53. The summed E-state index contributed by atoms with van der Waals surface area (Å²) in [5.41, 5.74) is 0.702. The Morgan fingerprint density at radius 2 is 1.88 bits per heavy atom. The van der Waals surface area contributed by atoms with Crippen LogP contribution in [-0.2, 0) is 0 Å². The first kappa shape index (κ1) is 22.2. The molecule has 2 aliphatic heterocycles. The predicted molar refractivity (Wildman–Crippen MR) is 123 cm³/mol. The minimum Gasteiger partial charge on any atom is -0.368 e. The molecule has 0 bridgehead atoms. The molecule has 2 aromatic rings. The lowest BCUT2D eigenvalue weighted by Crippen LogP contribution is -2.60. The fourth-order valence-corrected chi connectivity index (χ4v) is 6.71. The molecule has 1 aliphatic carbocycles. The molecule has 1 atom stereocenters. The van der Waals surface area contributed by atoms with E-state index in [1.165, 1.54) is 56.4 Å². The van der Waals surface area contributed by atoms with Gasteiger partial charge in [-0.2, -0.15) is 4.39 Å². The zero-order valence-electron chi connectivity index (χ0n) is 17.9. The van der Waals surface area contributed by atoms with Gasteiger partial charge < -0.3 is 9.62 Å². The van der Waals surface area contributed by atoms with E-state index in [1.54, 1.807) is 0 Å². The number of aromatic nitrogens is 1. The Bertz CT molecular complexity index is 1030. The first-order valence-electron chi connectivity index (χ1n) is 11.1. The molecule has 0 radical (unpaired) electrons. The minimum absolute atomic E-state index is 0.0226. The van der Waals surface area contributed by atoms with Crippen molar-refractivity contribution in [3.05, 3.63) is 46.9 Å². The third-order valence-electron chi connectivity index (χ3n) is 7.39. The van der Waals surface area contributed by atoms with E-state index in [4.69, 9.17) is 11.6 Å². The smallest absolute Gasteiger partial charge is 0.214 e. The van der Waals surface area contributed by atoms with Gasteiger partial charge in [0.2, 0.25) is 5.95 Å². The van der Waals surface area contributed by atoms with Crippen molar-refractivity contribution < 1.29 is 13.2 Å². The molecule has 2 saturated heterocycles. The van der Waals surface area contributed by atoms with Gasteiger partial charge in [0.1, 0.15) is 21.6 Å². The van der Waals surface area contributed by atoms with Crippen LogP contribution >= 0.6 is 23.5 Å². The summed E-state index contributed by atoms with van der Waals surface area (Å²) in [6.07, 6.45) is 7.22. The molecule has 0 amide bonds. The largest absolute Gasteiger partial charge is 0.368 e.